The SMILES string of the molecule is O=C(O)[C@@H]1C[C@@H](O)CN1C(=O)Nc1ccccc1Cl. The first-order chi connectivity index (χ1) is 8.99. The molecule has 1 fully saturated rings. The van der Waals surface area contributed by atoms with Gasteiger partial charge in [-0.05, 0) is 12.1 Å². The standard InChI is InChI=1S/C12H13ClN2O4/c13-8-3-1-2-4-9(8)14-12(19)15-6-7(16)5-10(15)11(17)18/h1-4,7,10,16H,5-6H2,(H,14,19)(H,17,18)/t7-,10+/m1/s1. The van der Waals surface area contributed by atoms with Gasteiger partial charge in [0.15, 0.2) is 0 Å². The van der Waals surface area contributed by atoms with Gasteiger partial charge in [0, 0.05) is 13.0 Å². The van der Waals surface area contributed by atoms with E-state index in [1.807, 2.05) is 0 Å². The smallest absolute Gasteiger partial charge is 0.326 e. The Bertz CT molecular complexity index is 508. The Morgan fingerprint density at radius 2 is 2.05 bits per heavy atom. The van der Waals surface area contributed by atoms with E-state index >= 15 is 0 Å². The van der Waals surface area contributed by atoms with Crippen LogP contribution in [-0.4, -0.2) is 45.8 Å². The third kappa shape index (κ3) is 2.97. The van der Waals surface area contributed by atoms with E-state index in [0.717, 1.165) is 4.90 Å². The van der Waals surface area contributed by atoms with Gasteiger partial charge in [0.1, 0.15) is 6.04 Å². The van der Waals surface area contributed by atoms with Crippen molar-refractivity contribution in [1.82, 2.24) is 4.90 Å². The maximum atomic E-state index is 12.0. The van der Waals surface area contributed by atoms with E-state index in [2.05, 4.69) is 5.32 Å². The lowest BCUT2D eigenvalue weighted by Gasteiger charge is -2.21. The second-order valence-electron chi connectivity index (χ2n) is 4.31. The summed E-state index contributed by atoms with van der Waals surface area (Å²) in [5.74, 6) is -1.13. The molecule has 102 valence electrons. The fourth-order valence-corrected chi connectivity index (χ4v) is 2.20. The number of urea groups is 1. The van der Waals surface area contributed by atoms with Crippen LogP contribution in [0.4, 0.5) is 10.5 Å². The fraction of sp³-hybridized carbons (Fsp3) is 0.333. The number of carbonyl (C=O) groups excluding carboxylic acids is 1. The number of hydrogen-bond acceptors (Lipinski definition) is 3. The van der Waals surface area contributed by atoms with E-state index in [9.17, 15) is 14.7 Å². The maximum Gasteiger partial charge on any atom is 0.326 e. The molecule has 0 spiro atoms. The summed E-state index contributed by atoms with van der Waals surface area (Å²) in [6.45, 7) is -0.00669. The zero-order chi connectivity index (χ0) is 14.0. The van der Waals surface area contributed by atoms with Gasteiger partial charge in [-0.1, -0.05) is 23.7 Å². The molecule has 1 heterocycles. The molecule has 2 rings (SSSR count). The summed E-state index contributed by atoms with van der Waals surface area (Å²) >= 11 is 5.90. The lowest BCUT2D eigenvalue weighted by atomic mass is 10.2. The highest BCUT2D eigenvalue weighted by atomic mass is 35.5. The first-order valence-corrected chi connectivity index (χ1v) is 6.10. The Hall–Kier alpha value is -1.79. The van der Waals surface area contributed by atoms with Crippen LogP contribution in [0.1, 0.15) is 6.42 Å². The van der Waals surface area contributed by atoms with Crippen molar-refractivity contribution < 1.29 is 19.8 Å². The Morgan fingerprint density at radius 1 is 1.37 bits per heavy atom. The molecule has 1 aromatic carbocycles. The molecule has 1 aromatic rings. The molecule has 7 heteroatoms. The van der Waals surface area contributed by atoms with Gasteiger partial charge in [-0.2, -0.15) is 0 Å². The Labute approximate surface area is 114 Å². The molecule has 1 saturated heterocycles. The summed E-state index contributed by atoms with van der Waals surface area (Å²) in [6, 6.07) is 5.05. The van der Waals surface area contributed by atoms with Crippen LogP contribution < -0.4 is 5.32 Å². The van der Waals surface area contributed by atoms with Gasteiger partial charge in [-0.15, -0.1) is 0 Å². The number of halogens is 1. The highest BCUT2D eigenvalue weighted by Gasteiger charge is 2.39. The monoisotopic (exact) mass is 284 g/mol. The number of carbonyl (C=O) groups is 2. The van der Waals surface area contributed by atoms with Crippen LogP contribution in [-0.2, 0) is 4.79 Å². The maximum absolute atomic E-state index is 12.0. The number of aliphatic carboxylic acids is 1. The summed E-state index contributed by atoms with van der Waals surface area (Å²) in [5, 5.41) is 21.4. The molecule has 0 unspecified atom stereocenters. The largest absolute Gasteiger partial charge is 0.480 e. The van der Waals surface area contributed by atoms with E-state index in [1.165, 1.54) is 0 Å². The topological polar surface area (TPSA) is 89.9 Å². The first-order valence-electron chi connectivity index (χ1n) is 5.72. The summed E-state index contributed by atoms with van der Waals surface area (Å²) in [4.78, 5) is 24.1. The minimum Gasteiger partial charge on any atom is -0.480 e. The zero-order valence-corrected chi connectivity index (χ0v) is 10.7. The number of para-hydroxylation sites is 1. The Kier molecular flexibility index (Phi) is 3.92. The van der Waals surface area contributed by atoms with Crippen LogP contribution in [0.15, 0.2) is 24.3 Å². The summed E-state index contributed by atoms with van der Waals surface area (Å²) < 4.78 is 0. The Morgan fingerprint density at radius 3 is 2.68 bits per heavy atom. The van der Waals surface area contributed by atoms with Gasteiger partial charge in [0.2, 0.25) is 0 Å². The van der Waals surface area contributed by atoms with Gasteiger partial charge < -0.3 is 20.4 Å². The molecule has 2 amide bonds. The van der Waals surface area contributed by atoms with Crippen molar-refractivity contribution in [2.45, 2.75) is 18.6 Å². The van der Waals surface area contributed by atoms with E-state index in [1.54, 1.807) is 24.3 Å². The molecule has 0 aliphatic carbocycles. The molecular weight excluding hydrogens is 272 g/mol. The van der Waals surface area contributed by atoms with E-state index < -0.39 is 24.1 Å². The van der Waals surface area contributed by atoms with Crippen molar-refractivity contribution in [3.8, 4) is 0 Å². The minimum absolute atomic E-state index is 0.00669. The van der Waals surface area contributed by atoms with Crippen molar-refractivity contribution >= 4 is 29.3 Å². The molecule has 19 heavy (non-hydrogen) atoms. The Balaban J connectivity index is 2.11. The molecule has 0 radical (unpaired) electrons. The van der Waals surface area contributed by atoms with E-state index in [0.29, 0.717) is 10.7 Å². The van der Waals surface area contributed by atoms with Crippen molar-refractivity contribution in [2.24, 2.45) is 0 Å². The molecule has 1 aliphatic heterocycles. The molecule has 0 aromatic heterocycles. The van der Waals surface area contributed by atoms with Gasteiger partial charge in [-0.25, -0.2) is 9.59 Å². The third-order valence-electron chi connectivity index (χ3n) is 2.94. The highest BCUT2D eigenvalue weighted by Crippen LogP contribution is 2.23. The predicted molar refractivity (Wildman–Crippen MR) is 69.2 cm³/mol. The van der Waals surface area contributed by atoms with Crippen molar-refractivity contribution in [2.75, 3.05) is 11.9 Å². The van der Waals surface area contributed by atoms with Crippen LogP contribution in [0.2, 0.25) is 5.02 Å². The number of benzene rings is 1. The molecule has 1 aliphatic rings. The summed E-state index contributed by atoms with van der Waals surface area (Å²) in [7, 11) is 0. The number of β-amino-alcohol motifs (C(OH)–C–C–N with tert-alkyl or cyclic N) is 1. The second-order valence-corrected chi connectivity index (χ2v) is 4.71. The first kappa shape index (κ1) is 13.6. The van der Waals surface area contributed by atoms with E-state index in [-0.39, 0.29) is 13.0 Å². The number of hydrogen-bond donors (Lipinski definition) is 3. The quantitative estimate of drug-likeness (QED) is 0.765. The molecule has 6 nitrogen and oxygen atoms in total. The number of aliphatic hydroxyl groups is 1. The molecule has 3 N–H and O–H groups in total. The number of carboxylic acid groups (broad SMARTS) is 1. The summed E-state index contributed by atoms with van der Waals surface area (Å²) in [6.07, 6.45) is -0.788. The number of carboxylic acids is 1. The van der Waals surface area contributed by atoms with Crippen LogP contribution in [0.25, 0.3) is 0 Å². The van der Waals surface area contributed by atoms with Crippen LogP contribution in [0.3, 0.4) is 0 Å². The van der Waals surface area contributed by atoms with E-state index in [4.69, 9.17) is 16.7 Å². The lowest BCUT2D eigenvalue weighted by Crippen LogP contribution is -2.43. The predicted octanol–water partition coefficient (Wildman–Crippen LogP) is 1.39. The average molecular weight is 285 g/mol. The van der Waals surface area contributed by atoms with Crippen LogP contribution >= 0.6 is 11.6 Å². The molecule has 0 bridgehead atoms. The number of anilines is 1. The van der Waals surface area contributed by atoms with Crippen LogP contribution in [0, 0.1) is 0 Å². The molecular formula is C12H13ClN2O4. The summed E-state index contributed by atoms with van der Waals surface area (Å²) in [5.41, 5.74) is 0.402. The third-order valence-corrected chi connectivity index (χ3v) is 3.27. The molecule has 2 atom stereocenters. The highest BCUT2D eigenvalue weighted by molar-refractivity contribution is 6.33. The average Bonchev–Trinajstić information content (AvgIpc) is 2.74. The number of nitrogens with zero attached hydrogens (tertiary/aromatic N) is 1. The van der Waals surface area contributed by atoms with Gasteiger partial charge in [0.05, 0.1) is 16.8 Å². The lowest BCUT2D eigenvalue weighted by molar-refractivity contribution is -0.141. The van der Waals surface area contributed by atoms with Crippen molar-refractivity contribution in [3.63, 3.8) is 0 Å². The normalized spacial score (nSPS) is 22.3. The molecule has 0 saturated carbocycles. The van der Waals surface area contributed by atoms with Crippen molar-refractivity contribution in [3.05, 3.63) is 29.3 Å². The number of nitrogens with one attached hydrogen (secondary N) is 1. The van der Waals surface area contributed by atoms with Crippen molar-refractivity contribution in [1.29, 1.82) is 0 Å². The van der Waals surface area contributed by atoms with Gasteiger partial charge in [0.25, 0.3) is 0 Å². The van der Waals surface area contributed by atoms with Gasteiger partial charge in [-0.3, -0.25) is 0 Å². The number of aliphatic hydroxyl groups excluding tert-OH is 1. The second kappa shape index (κ2) is 5.46. The zero-order valence-electron chi connectivity index (χ0n) is 9.91. The van der Waals surface area contributed by atoms with Crippen LogP contribution in [0.5, 0.6) is 0 Å². The number of rotatable bonds is 2. The number of amides is 2. The minimum atomic E-state index is -1.13. The van der Waals surface area contributed by atoms with Gasteiger partial charge >= 0.3 is 12.0 Å². The fourth-order valence-electron chi connectivity index (χ4n) is 2.02. The number of likely N-dealkylation sites (tertiary alicyclic amines) is 1.